The Bertz CT molecular complexity index is 230. The van der Waals surface area contributed by atoms with Crippen LogP contribution in [0.3, 0.4) is 0 Å². The zero-order chi connectivity index (χ0) is 8.27. The molecule has 11 heavy (non-hydrogen) atoms. The smallest absolute Gasteiger partial charge is 0.222 e. The highest BCUT2D eigenvalue weighted by Gasteiger charge is 1.97. The molecule has 1 aromatic heterocycles. The molecule has 0 amide bonds. The zero-order valence-electron chi connectivity index (χ0n) is 5.99. The Hall–Kier alpha value is -0.970. The summed E-state index contributed by atoms with van der Waals surface area (Å²) in [6.07, 6.45) is 0.764. The summed E-state index contributed by atoms with van der Waals surface area (Å²) >= 11 is 4.06. The Morgan fingerprint density at radius 1 is 1.36 bits per heavy atom. The number of thiol groups is 1. The summed E-state index contributed by atoms with van der Waals surface area (Å²) in [7, 11) is 0. The van der Waals surface area contributed by atoms with Crippen molar-refractivity contribution >= 4 is 24.4 Å². The molecular weight excluding hydrogens is 160 g/mol. The van der Waals surface area contributed by atoms with Gasteiger partial charge in [0.1, 0.15) is 5.82 Å². The Kier molecular flexibility index (Phi) is 2.53. The van der Waals surface area contributed by atoms with E-state index < -0.39 is 0 Å². The molecule has 60 valence electrons. The van der Waals surface area contributed by atoms with E-state index >= 15 is 0 Å². The normalized spacial score (nSPS) is 9.91. The fourth-order valence-electron chi connectivity index (χ4n) is 0.782. The van der Waals surface area contributed by atoms with Crippen LogP contribution in [0.25, 0.3) is 0 Å². The molecule has 4 nitrogen and oxygen atoms in total. The number of anilines is 2. The number of rotatable bonds is 2. The van der Waals surface area contributed by atoms with Gasteiger partial charge in [-0.1, -0.05) is 0 Å². The van der Waals surface area contributed by atoms with Gasteiger partial charge >= 0.3 is 0 Å². The van der Waals surface area contributed by atoms with Gasteiger partial charge in [0, 0.05) is 11.8 Å². The van der Waals surface area contributed by atoms with Crippen LogP contribution in [-0.2, 0) is 6.42 Å². The topological polar surface area (TPSA) is 77.8 Å². The molecule has 5 heteroatoms. The van der Waals surface area contributed by atoms with Crippen LogP contribution in [0, 0.1) is 0 Å². The molecule has 4 N–H and O–H groups in total. The molecule has 0 fully saturated rings. The van der Waals surface area contributed by atoms with E-state index in [1.807, 2.05) is 0 Å². The van der Waals surface area contributed by atoms with Crippen LogP contribution in [-0.4, -0.2) is 15.7 Å². The van der Waals surface area contributed by atoms with E-state index in [-0.39, 0.29) is 5.95 Å². The third kappa shape index (κ3) is 2.27. The van der Waals surface area contributed by atoms with Crippen LogP contribution in [0.15, 0.2) is 6.07 Å². The van der Waals surface area contributed by atoms with Crippen molar-refractivity contribution < 1.29 is 0 Å². The predicted molar refractivity (Wildman–Crippen MR) is 48.4 cm³/mol. The van der Waals surface area contributed by atoms with Gasteiger partial charge in [-0.15, -0.1) is 0 Å². The van der Waals surface area contributed by atoms with Gasteiger partial charge in [-0.2, -0.15) is 17.6 Å². The Labute approximate surface area is 70.4 Å². The molecule has 0 unspecified atom stereocenters. The third-order valence-corrected chi connectivity index (χ3v) is 1.41. The van der Waals surface area contributed by atoms with E-state index in [2.05, 4.69) is 22.6 Å². The first kappa shape index (κ1) is 8.13. The van der Waals surface area contributed by atoms with E-state index in [1.54, 1.807) is 6.07 Å². The van der Waals surface area contributed by atoms with E-state index in [9.17, 15) is 0 Å². The number of nitrogen functional groups attached to an aromatic ring is 2. The van der Waals surface area contributed by atoms with Crippen molar-refractivity contribution in [3.63, 3.8) is 0 Å². The van der Waals surface area contributed by atoms with Gasteiger partial charge in [-0.3, -0.25) is 0 Å². The fourth-order valence-corrected chi connectivity index (χ4v) is 1.01. The standard InChI is InChI=1S/C6H10N4S/c7-5-3-4(1-2-11)9-6(8)10-5/h3,11H,1-2H2,(H4,7,8,9,10). The average Bonchev–Trinajstić information content (AvgIpc) is 1.85. The first-order valence-corrected chi connectivity index (χ1v) is 3.85. The quantitative estimate of drug-likeness (QED) is 0.551. The molecule has 0 saturated heterocycles. The first-order chi connectivity index (χ1) is 5.22. The molecule has 1 heterocycles. The minimum Gasteiger partial charge on any atom is -0.384 e. The second kappa shape index (κ2) is 3.43. The van der Waals surface area contributed by atoms with Crippen LogP contribution < -0.4 is 11.5 Å². The minimum atomic E-state index is 0.224. The summed E-state index contributed by atoms with van der Waals surface area (Å²) in [6.45, 7) is 0. The van der Waals surface area contributed by atoms with Crippen LogP contribution in [0.2, 0.25) is 0 Å². The Morgan fingerprint density at radius 3 is 2.64 bits per heavy atom. The number of hydrogen-bond acceptors (Lipinski definition) is 5. The van der Waals surface area contributed by atoms with Crippen molar-refractivity contribution in [3.8, 4) is 0 Å². The maximum Gasteiger partial charge on any atom is 0.222 e. The fraction of sp³-hybridized carbons (Fsp3) is 0.333. The lowest BCUT2D eigenvalue weighted by molar-refractivity contribution is 1.02. The van der Waals surface area contributed by atoms with E-state index in [4.69, 9.17) is 11.5 Å². The average molecular weight is 170 g/mol. The SMILES string of the molecule is Nc1cc(CCS)nc(N)n1. The van der Waals surface area contributed by atoms with Crippen molar-refractivity contribution in [1.29, 1.82) is 0 Å². The monoisotopic (exact) mass is 170 g/mol. The lowest BCUT2D eigenvalue weighted by atomic mass is 10.3. The molecule has 0 atom stereocenters. The van der Waals surface area contributed by atoms with E-state index in [0.29, 0.717) is 5.82 Å². The summed E-state index contributed by atoms with van der Waals surface area (Å²) in [5.74, 6) is 1.37. The molecule has 0 aliphatic carbocycles. The van der Waals surface area contributed by atoms with E-state index in [0.717, 1.165) is 17.9 Å². The van der Waals surface area contributed by atoms with Crippen molar-refractivity contribution in [3.05, 3.63) is 11.8 Å². The van der Waals surface area contributed by atoms with Gasteiger partial charge in [0.15, 0.2) is 0 Å². The maximum absolute atomic E-state index is 5.43. The summed E-state index contributed by atoms with van der Waals surface area (Å²) < 4.78 is 0. The van der Waals surface area contributed by atoms with Crippen LogP contribution in [0.1, 0.15) is 5.69 Å². The number of hydrogen-bond donors (Lipinski definition) is 3. The van der Waals surface area contributed by atoms with Gasteiger partial charge in [0.25, 0.3) is 0 Å². The third-order valence-electron chi connectivity index (χ3n) is 1.18. The number of aryl methyl sites for hydroxylation is 1. The predicted octanol–water partition coefficient (Wildman–Crippen LogP) is 0.113. The van der Waals surface area contributed by atoms with Gasteiger partial charge in [0.2, 0.25) is 5.95 Å². The Balaban J connectivity index is 2.89. The van der Waals surface area contributed by atoms with Gasteiger partial charge in [-0.25, -0.2) is 4.98 Å². The minimum absolute atomic E-state index is 0.224. The number of nitrogens with zero attached hydrogens (tertiary/aromatic N) is 2. The molecular formula is C6H10N4S. The highest BCUT2D eigenvalue weighted by molar-refractivity contribution is 7.80. The molecule has 0 aromatic carbocycles. The maximum atomic E-state index is 5.43. The summed E-state index contributed by atoms with van der Waals surface area (Å²) in [6, 6.07) is 1.70. The zero-order valence-corrected chi connectivity index (χ0v) is 6.88. The largest absolute Gasteiger partial charge is 0.384 e. The summed E-state index contributed by atoms with van der Waals surface area (Å²) in [5, 5.41) is 0. The molecule has 0 radical (unpaired) electrons. The van der Waals surface area contributed by atoms with Crippen molar-refractivity contribution in [2.75, 3.05) is 17.2 Å². The molecule has 0 saturated carbocycles. The van der Waals surface area contributed by atoms with Gasteiger partial charge in [-0.05, 0) is 12.2 Å². The van der Waals surface area contributed by atoms with Crippen LogP contribution in [0.4, 0.5) is 11.8 Å². The van der Waals surface area contributed by atoms with Crippen LogP contribution >= 0.6 is 12.6 Å². The number of aromatic nitrogens is 2. The highest BCUT2D eigenvalue weighted by Crippen LogP contribution is 2.04. The number of nitrogens with two attached hydrogens (primary N) is 2. The molecule has 0 aliphatic heterocycles. The van der Waals surface area contributed by atoms with Crippen molar-refractivity contribution in [2.45, 2.75) is 6.42 Å². The summed E-state index contributed by atoms with van der Waals surface area (Å²) in [5.41, 5.74) is 11.6. The molecule has 0 spiro atoms. The Morgan fingerprint density at radius 2 is 2.09 bits per heavy atom. The lowest BCUT2D eigenvalue weighted by Gasteiger charge is -1.99. The molecule has 0 aliphatic rings. The molecule has 0 bridgehead atoms. The van der Waals surface area contributed by atoms with Crippen molar-refractivity contribution in [1.82, 2.24) is 9.97 Å². The lowest BCUT2D eigenvalue weighted by Crippen LogP contribution is -2.03. The first-order valence-electron chi connectivity index (χ1n) is 3.22. The van der Waals surface area contributed by atoms with E-state index in [1.165, 1.54) is 0 Å². The van der Waals surface area contributed by atoms with Crippen molar-refractivity contribution in [2.24, 2.45) is 0 Å². The molecule has 1 rings (SSSR count). The summed E-state index contributed by atoms with van der Waals surface area (Å²) in [4.78, 5) is 7.70. The van der Waals surface area contributed by atoms with Crippen LogP contribution in [0.5, 0.6) is 0 Å². The highest BCUT2D eigenvalue weighted by atomic mass is 32.1. The second-order valence-corrected chi connectivity index (χ2v) is 2.56. The van der Waals surface area contributed by atoms with Gasteiger partial charge in [0.05, 0.1) is 0 Å². The van der Waals surface area contributed by atoms with Gasteiger partial charge < -0.3 is 11.5 Å². The molecule has 1 aromatic rings. The second-order valence-electron chi connectivity index (χ2n) is 2.12.